The predicted molar refractivity (Wildman–Crippen MR) is 253 cm³/mol. The SMILES string of the molecule is C=C(C)[C@@H]1CC[C@]2(C(=O)N[C@H]3C[C@@H](C(=O)N4CCN(CC)CC4)C3(C)C)CC[C@]3(C)[C@H](CCC4[C@]5(C)CC[C@H]([C@]6(C(=O)O)C[C@](C(=O)O)(C(C)(C)C)C6(C)C)C(C)(C)[C@H]5CC[C@]43C)[C@@H]12. The highest BCUT2D eigenvalue weighted by atomic mass is 16.4. The van der Waals surface area contributed by atoms with Gasteiger partial charge in [0.05, 0.1) is 16.2 Å². The fraction of sp³-hybridized carbons (Fsp3) is 0.891. The van der Waals surface area contributed by atoms with Crippen molar-refractivity contribution in [3.8, 4) is 0 Å². The van der Waals surface area contributed by atoms with E-state index in [1.165, 1.54) is 5.57 Å². The fourth-order valence-electron chi connectivity index (χ4n) is 19.9. The molecule has 0 aromatic rings. The number of rotatable bonds is 8. The van der Waals surface area contributed by atoms with Gasteiger partial charge in [-0.1, -0.05) is 102 Å². The van der Waals surface area contributed by atoms with E-state index in [9.17, 15) is 24.6 Å². The van der Waals surface area contributed by atoms with Crippen molar-refractivity contribution in [3.63, 3.8) is 0 Å². The third-order valence-corrected chi connectivity index (χ3v) is 23.9. The average Bonchev–Trinajstić information content (AvgIpc) is 3.60. The molecule has 1 aliphatic heterocycles. The van der Waals surface area contributed by atoms with Gasteiger partial charge in [0.25, 0.3) is 0 Å². The second-order valence-electron chi connectivity index (χ2n) is 27.2. The van der Waals surface area contributed by atoms with Crippen LogP contribution in [0.25, 0.3) is 0 Å². The molecule has 1 heterocycles. The number of fused-ring (bicyclic) bond motifs is 7. The molecular formula is C55H89N3O6. The summed E-state index contributed by atoms with van der Waals surface area (Å²) in [5.41, 5.74) is -3.50. The number of allylic oxidation sites excluding steroid dienone is 1. The number of nitrogens with one attached hydrogen (secondary N) is 1. The van der Waals surface area contributed by atoms with Crippen molar-refractivity contribution >= 4 is 23.8 Å². The van der Waals surface area contributed by atoms with Gasteiger partial charge in [-0.05, 0) is 164 Å². The quantitative estimate of drug-likeness (QED) is 0.207. The Morgan fingerprint density at radius 3 is 1.88 bits per heavy atom. The standard InChI is InChI=1S/C55H89N3O6/c1-16-57-27-29-58(30-28-57)42(59)36-31-40(47(36,7)8)56-43(60)53-24-19-34(33(2)3)41(53)35-17-18-39-50(13)22-20-38(48(9,10)37(50)21-23-52(39,15)51(35,14)25-26-53)54(44(61)62)32-55(45(63)64,46(4,5)6)49(54,11)12/h34-41H,2,16-32H2,1,3-15H3,(H,56,60)(H,61,62)(H,63,64)/t34-,35+,36-,37+,38-,39?,40-,41+,50+,51+,52+,53-,54-,55-/m0/s1. The summed E-state index contributed by atoms with van der Waals surface area (Å²) in [6, 6.07) is -0.0140. The van der Waals surface area contributed by atoms with Gasteiger partial charge in [0.15, 0.2) is 0 Å². The fourth-order valence-corrected chi connectivity index (χ4v) is 19.9. The first-order valence-corrected chi connectivity index (χ1v) is 25.9. The van der Waals surface area contributed by atoms with Gasteiger partial charge in [0, 0.05) is 38.1 Å². The smallest absolute Gasteiger partial charge is 0.310 e. The van der Waals surface area contributed by atoms with Crippen LogP contribution in [0.2, 0.25) is 0 Å². The Morgan fingerprint density at radius 2 is 1.34 bits per heavy atom. The van der Waals surface area contributed by atoms with E-state index in [-0.39, 0.29) is 69.1 Å². The van der Waals surface area contributed by atoms with Gasteiger partial charge < -0.3 is 25.3 Å². The number of nitrogens with zero attached hydrogens (tertiary/aromatic N) is 2. The van der Waals surface area contributed by atoms with Crippen LogP contribution in [-0.2, 0) is 19.2 Å². The molecule has 7 aliphatic carbocycles. The van der Waals surface area contributed by atoms with Crippen molar-refractivity contribution in [1.29, 1.82) is 0 Å². The summed E-state index contributed by atoms with van der Waals surface area (Å²) >= 11 is 0. The number of carboxylic acid groups (broad SMARTS) is 2. The lowest BCUT2D eigenvalue weighted by Crippen LogP contribution is -2.77. The molecule has 14 atom stereocenters. The van der Waals surface area contributed by atoms with E-state index in [1.807, 2.05) is 34.6 Å². The minimum absolute atomic E-state index is 0.0140. The summed E-state index contributed by atoms with van der Waals surface area (Å²) in [5.74, 6) is 0.364. The molecule has 0 aromatic heterocycles. The van der Waals surface area contributed by atoms with E-state index in [0.29, 0.717) is 23.7 Å². The van der Waals surface area contributed by atoms with Crippen LogP contribution in [0.15, 0.2) is 12.2 Å². The van der Waals surface area contributed by atoms with Crippen LogP contribution in [-0.4, -0.2) is 82.5 Å². The largest absolute Gasteiger partial charge is 0.481 e. The highest BCUT2D eigenvalue weighted by Crippen LogP contribution is 2.83. The molecule has 0 bridgehead atoms. The lowest BCUT2D eigenvalue weighted by Gasteiger charge is -2.77. The Morgan fingerprint density at radius 1 is 0.719 bits per heavy atom. The lowest BCUT2D eigenvalue weighted by atomic mass is 9.25. The van der Waals surface area contributed by atoms with E-state index in [4.69, 9.17) is 0 Å². The monoisotopic (exact) mass is 888 g/mol. The van der Waals surface area contributed by atoms with Gasteiger partial charge in [0.1, 0.15) is 0 Å². The number of hydrogen-bond donors (Lipinski definition) is 3. The lowest BCUT2D eigenvalue weighted by molar-refractivity contribution is -0.301. The van der Waals surface area contributed by atoms with Crippen molar-refractivity contribution in [3.05, 3.63) is 12.2 Å². The maximum absolute atomic E-state index is 15.2. The number of piperazine rings is 1. The number of carbonyl (C=O) groups is 4. The first kappa shape index (κ1) is 48.1. The van der Waals surface area contributed by atoms with Gasteiger partial charge >= 0.3 is 11.9 Å². The van der Waals surface area contributed by atoms with Crippen molar-refractivity contribution in [2.75, 3.05) is 32.7 Å². The number of likely N-dealkylation sites (N-methyl/N-ethyl adjacent to an activating group) is 1. The molecule has 8 aliphatic rings. The first-order chi connectivity index (χ1) is 29.4. The maximum atomic E-state index is 15.2. The van der Waals surface area contributed by atoms with Crippen molar-refractivity contribution in [2.45, 2.75) is 180 Å². The van der Waals surface area contributed by atoms with Gasteiger partial charge in [-0.3, -0.25) is 19.2 Å². The topological polar surface area (TPSA) is 127 Å². The summed E-state index contributed by atoms with van der Waals surface area (Å²) in [7, 11) is 0. The van der Waals surface area contributed by atoms with Crippen LogP contribution in [0, 0.1) is 95.6 Å². The molecule has 0 aromatic carbocycles. The first-order valence-electron chi connectivity index (χ1n) is 25.9. The molecule has 2 amide bonds. The summed E-state index contributed by atoms with van der Waals surface area (Å²) < 4.78 is 0. The van der Waals surface area contributed by atoms with Crippen LogP contribution >= 0.6 is 0 Å². The molecular weight excluding hydrogens is 799 g/mol. The summed E-state index contributed by atoms with van der Waals surface area (Å²) in [5, 5.41) is 25.9. The summed E-state index contributed by atoms with van der Waals surface area (Å²) in [6.07, 6.45) is 10.8. The Hall–Kier alpha value is -2.42. The predicted octanol–water partition coefficient (Wildman–Crippen LogP) is 10.6. The molecule has 3 N–H and O–H groups in total. The number of amides is 2. The number of aliphatic carboxylic acids is 2. The molecule has 64 heavy (non-hydrogen) atoms. The van der Waals surface area contributed by atoms with Crippen LogP contribution < -0.4 is 5.32 Å². The highest BCUT2D eigenvalue weighted by molar-refractivity contribution is 5.88. The third kappa shape index (κ3) is 5.81. The van der Waals surface area contributed by atoms with Crippen LogP contribution in [0.5, 0.6) is 0 Å². The second kappa shape index (κ2) is 14.8. The van der Waals surface area contributed by atoms with Gasteiger partial charge in [-0.15, -0.1) is 0 Å². The molecule has 360 valence electrons. The molecule has 9 heteroatoms. The van der Waals surface area contributed by atoms with E-state index in [1.54, 1.807) is 0 Å². The Kier molecular flexibility index (Phi) is 11.1. The summed E-state index contributed by atoms with van der Waals surface area (Å²) in [4.78, 5) is 60.7. The highest BCUT2D eigenvalue weighted by Gasteiger charge is 2.83. The van der Waals surface area contributed by atoms with Crippen LogP contribution in [0.4, 0.5) is 0 Å². The Balaban J connectivity index is 1.04. The zero-order valence-electron chi connectivity index (χ0n) is 42.8. The zero-order valence-corrected chi connectivity index (χ0v) is 42.8. The minimum Gasteiger partial charge on any atom is -0.481 e. The molecule has 7 saturated carbocycles. The number of hydrogen-bond acceptors (Lipinski definition) is 5. The van der Waals surface area contributed by atoms with Crippen molar-refractivity contribution in [2.24, 2.45) is 95.6 Å². The minimum atomic E-state index is -1.14. The molecule has 8 fully saturated rings. The molecule has 1 saturated heterocycles. The molecule has 9 nitrogen and oxygen atoms in total. The van der Waals surface area contributed by atoms with Crippen molar-refractivity contribution < 1.29 is 29.4 Å². The zero-order chi connectivity index (χ0) is 47.4. The molecule has 0 spiro atoms. The third-order valence-electron chi connectivity index (χ3n) is 23.9. The maximum Gasteiger partial charge on any atom is 0.310 e. The average molecular weight is 888 g/mol. The van der Waals surface area contributed by atoms with E-state index in [0.717, 1.165) is 103 Å². The van der Waals surface area contributed by atoms with Gasteiger partial charge in [-0.25, -0.2) is 0 Å². The van der Waals surface area contributed by atoms with Gasteiger partial charge in [0.2, 0.25) is 11.8 Å². The number of carbonyl (C=O) groups excluding carboxylic acids is 2. The Labute approximate surface area is 387 Å². The van der Waals surface area contributed by atoms with Crippen molar-refractivity contribution in [1.82, 2.24) is 15.1 Å². The normalized spacial score (nSPS) is 46.8. The van der Waals surface area contributed by atoms with E-state index >= 15 is 4.79 Å². The van der Waals surface area contributed by atoms with E-state index in [2.05, 4.69) is 84.0 Å². The van der Waals surface area contributed by atoms with E-state index < -0.39 is 39.0 Å². The molecule has 0 radical (unpaired) electrons. The molecule has 8 rings (SSSR count). The van der Waals surface area contributed by atoms with Crippen LogP contribution in [0.3, 0.4) is 0 Å². The summed E-state index contributed by atoms with van der Waals surface area (Å²) in [6.45, 7) is 40.2. The number of carboxylic acids is 2. The second-order valence-corrected chi connectivity index (χ2v) is 27.2. The molecule has 1 unspecified atom stereocenters. The Bertz CT molecular complexity index is 1960. The van der Waals surface area contributed by atoms with Gasteiger partial charge in [-0.2, -0.15) is 0 Å². The van der Waals surface area contributed by atoms with Crippen LogP contribution in [0.1, 0.15) is 174 Å².